The predicted molar refractivity (Wildman–Crippen MR) is 59.5 cm³/mol. The molecule has 1 aromatic carbocycles. The van der Waals surface area contributed by atoms with Crippen molar-refractivity contribution in [3.05, 3.63) is 34.3 Å². The Morgan fingerprint density at radius 2 is 2.18 bits per heavy atom. The van der Waals surface area contributed by atoms with Crippen molar-refractivity contribution in [3.8, 4) is 0 Å². The molecule has 5 heteroatoms. The Hall–Kier alpha value is -1.16. The molecule has 0 N–H and O–H groups in total. The van der Waals surface area contributed by atoms with Crippen LogP contribution in [0.15, 0.2) is 18.2 Å². The van der Waals surface area contributed by atoms with Gasteiger partial charge in [0.05, 0.1) is 5.56 Å². The van der Waals surface area contributed by atoms with Gasteiger partial charge in [-0.3, -0.25) is 0 Å². The molecule has 2 nitrogen and oxygen atoms in total. The first-order valence-corrected chi connectivity index (χ1v) is 5.63. The van der Waals surface area contributed by atoms with Crippen LogP contribution >= 0.6 is 11.6 Å². The average molecular weight is 261 g/mol. The number of hydrogen-bond donors (Lipinski definition) is 0. The third kappa shape index (κ3) is 2.75. The Kier molecular flexibility index (Phi) is 3.08. The van der Waals surface area contributed by atoms with E-state index in [1.165, 1.54) is 6.07 Å². The van der Waals surface area contributed by atoms with Crippen molar-refractivity contribution >= 4 is 17.6 Å². The minimum absolute atomic E-state index is 0.115. The molecule has 1 aromatic rings. The van der Waals surface area contributed by atoms with E-state index in [4.69, 9.17) is 16.3 Å². The van der Waals surface area contributed by atoms with Gasteiger partial charge >= 0.3 is 5.97 Å². The number of fused-ring (bicyclic) bond motifs is 1. The molecule has 1 aliphatic heterocycles. The minimum atomic E-state index is -2.75. The second kappa shape index (κ2) is 4.26. The van der Waals surface area contributed by atoms with Gasteiger partial charge in [-0.05, 0) is 25.5 Å². The predicted octanol–water partition coefficient (Wildman–Crippen LogP) is 3.99. The summed E-state index contributed by atoms with van der Waals surface area (Å²) in [6.07, 6.45) is -0.780. The number of hydrogen-bond acceptors (Lipinski definition) is 2. The number of esters is 1. The Balaban J connectivity index is 2.17. The second-order valence-electron chi connectivity index (χ2n) is 4.23. The van der Waals surface area contributed by atoms with Crippen LogP contribution in [0.3, 0.4) is 0 Å². The molecule has 0 amide bonds. The van der Waals surface area contributed by atoms with Crippen molar-refractivity contribution in [2.75, 3.05) is 0 Å². The molecule has 1 aliphatic rings. The van der Waals surface area contributed by atoms with Crippen molar-refractivity contribution in [1.82, 2.24) is 0 Å². The van der Waals surface area contributed by atoms with E-state index in [-0.39, 0.29) is 12.8 Å². The Morgan fingerprint density at radius 1 is 1.47 bits per heavy atom. The highest BCUT2D eigenvalue weighted by molar-refractivity contribution is 6.31. The van der Waals surface area contributed by atoms with Crippen molar-refractivity contribution in [2.24, 2.45) is 0 Å². The van der Waals surface area contributed by atoms with Crippen LogP contribution in [-0.4, -0.2) is 11.9 Å². The monoisotopic (exact) mass is 260 g/mol. The van der Waals surface area contributed by atoms with E-state index < -0.39 is 18.0 Å². The van der Waals surface area contributed by atoms with Gasteiger partial charge in [0.25, 0.3) is 0 Å². The molecule has 0 radical (unpaired) electrons. The number of benzene rings is 1. The molecular weight excluding hydrogens is 250 g/mol. The van der Waals surface area contributed by atoms with Crippen molar-refractivity contribution in [1.29, 1.82) is 0 Å². The zero-order valence-electron chi connectivity index (χ0n) is 9.17. The lowest BCUT2D eigenvalue weighted by atomic mass is 10.0. The number of halogens is 3. The molecule has 0 spiro atoms. The van der Waals surface area contributed by atoms with Crippen molar-refractivity contribution < 1.29 is 18.3 Å². The molecule has 0 saturated heterocycles. The molecule has 0 aliphatic carbocycles. The van der Waals surface area contributed by atoms with Gasteiger partial charge in [-0.1, -0.05) is 17.7 Å². The molecule has 0 bridgehead atoms. The topological polar surface area (TPSA) is 26.3 Å². The van der Waals surface area contributed by atoms with Crippen molar-refractivity contribution in [2.45, 2.75) is 31.8 Å². The van der Waals surface area contributed by atoms with E-state index in [0.717, 1.165) is 6.92 Å². The van der Waals surface area contributed by atoms with E-state index >= 15 is 0 Å². The highest BCUT2D eigenvalue weighted by atomic mass is 35.5. The fraction of sp³-hybridized carbons (Fsp3) is 0.417. The number of cyclic esters (lactones) is 1. The van der Waals surface area contributed by atoms with Crippen LogP contribution in [0.4, 0.5) is 8.78 Å². The molecule has 1 heterocycles. The van der Waals surface area contributed by atoms with Gasteiger partial charge in [-0.25, -0.2) is 13.6 Å². The number of alkyl halides is 2. The summed E-state index contributed by atoms with van der Waals surface area (Å²) >= 11 is 5.76. The third-order valence-electron chi connectivity index (χ3n) is 2.68. The maximum Gasteiger partial charge on any atom is 0.339 e. The largest absolute Gasteiger partial charge is 0.454 e. The quantitative estimate of drug-likeness (QED) is 0.768. The van der Waals surface area contributed by atoms with Gasteiger partial charge < -0.3 is 4.74 Å². The van der Waals surface area contributed by atoms with Gasteiger partial charge in [-0.2, -0.15) is 0 Å². The lowest BCUT2D eigenvalue weighted by Crippen LogP contribution is -2.11. The SMILES string of the molecule is CC(F)(F)CCC1OC(=O)c2cc(Cl)ccc21. The fourth-order valence-electron chi connectivity index (χ4n) is 1.84. The zero-order chi connectivity index (χ0) is 12.6. The Bertz CT molecular complexity index is 454. The van der Waals surface area contributed by atoms with Gasteiger partial charge in [-0.15, -0.1) is 0 Å². The van der Waals surface area contributed by atoms with Crippen LogP contribution in [-0.2, 0) is 4.74 Å². The normalized spacial score (nSPS) is 19.1. The first-order chi connectivity index (χ1) is 7.87. The average Bonchev–Trinajstić information content (AvgIpc) is 2.52. The maximum absolute atomic E-state index is 12.8. The Morgan fingerprint density at radius 3 is 2.82 bits per heavy atom. The van der Waals surface area contributed by atoms with Crippen LogP contribution in [0.2, 0.25) is 5.02 Å². The molecule has 92 valence electrons. The van der Waals surface area contributed by atoms with Crippen LogP contribution in [0, 0.1) is 0 Å². The second-order valence-corrected chi connectivity index (χ2v) is 4.67. The molecule has 1 atom stereocenters. The summed E-state index contributed by atoms with van der Waals surface area (Å²) < 4.78 is 30.6. The highest BCUT2D eigenvalue weighted by Gasteiger charge is 2.33. The zero-order valence-corrected chi connectivity index (χ0v) is 9.93. The van der Waals surface area contributed by atoms with Gasteiger partial charge in [0.15, 0.2) is 0 Å². The summed E-state index contributed by atoms with van der Waals surface area (Å²) in [5.41, 5.74) is 1.02. The summed E-state index contributed by atoms with van der Waals surface area (Å²) in [6, 6.07) is 4.78. The maximum atomic E-state index is 12.8. The van der Waals surface area contributed by atoms with E-state index in [1.807, 2.05) is 0 Å². The van der Waals surface area contributed by atoms with Gasteiger partial charge in [0, 0.05) is 17.0 Å². The van der Waals surface area contributed by atoms with E-state index in [1.54, 1.807) is 12.1 Å². The van der Waals surface area contributed by atoms with E-state index in [2.05, 4.69) is 0 Å². The van der Waals surface area contributed by atoms with Crippen LogP contribution in [0.25, 0.3) is 0 Å². The molecule has 2 rings (SSSR count). The fourth-order valence-corrected chi connectivity index (χ4v) is 2.01. The summed E-state index contributed by atoms with van der Waals surface area (Å²) in [4.78, 5) is 11.5. The third-order valence-corrected chi connectivity index (χ3v) is 2.91. The summed E-state index contributed by atoms with van der Waals surface area (Å²) in [5, 5.41) is 0.433. The molecule has 1 unspecified atom stereocenters. The smallest absolute Gasteiger partial charge is 0.339 e. The van der Waals surface area contributed by atoms with Gasteiger partial charge in [0.1, 0.15) is 6.10 Å². The number of ether oxygens (including phenoxy) is 1. The van der Waals surface area contributed by atoms with E-state index in [0.29, 0.717) is 16.1 Å². The summed E-state index contributed by atoms with van der Waals surface area (Å²) in [5.74, 6) is -3.24. The first-order valence-electron chi connectivity index (χ1n) is 5.25. The standard InChI is InChI=1S/C12H11ClF2O2/c1-12(14,15)5-4-10-8-3-2-7(13)6-9(8)11(16)17-10/h2-3,6,10H,4-5H2,1H3. The minimum Gasteiger partial charge on any atom is -0.454 e. The van der Waals surface area contributed by atoms with Crippen LogP contribution < -0.4 is 0 Å². The van der Waals surface area contributed by atoms with E-state index in [9.17, 15) is 13.6 Å². The molecular formula is C12H11ClF2O2. The lowest BCUT2D eigenvalue weighted by molar-refractivity contribution is -0.00831. The molecule has 0 aromatic heterocycles. The summed E-state index contributed by atoms with van der Waals surface area (Å²) in [7, 11) is 0. The molecule has 17 heavy (non-hydrogen) atoms. The lowest BCUT2D eigenvalue weighted by Gasteiger charge is -2.14. The highest BCUT2D eigenvalue weighted by Crippen LogP contribution is 2.37. The molecule has 0 fully saturated rings. The first kappa shape index (κ1) is 12.3. The number of carbonyl (C=O) groups is 1. The summed E-state index contributed by atoms with van der Waals surface area (Å²) in [6.45, 7) is 0.854. The van der Waals surface area contributed by atoms with Crippen LogP contribution in [0.1, 0.15) is 41.8 Å². The number of carbonyl (C=O) groups excluding carboxylic acids is 1. The van der Waals surface area contributed by atoms with Crippen molar-refractivity contribution in [3.63, 3.8) is 0 Å². The number of rotatable bonds is 3. The van der Waals surface area contributed by atoms with Gasteiger partial charge in [0.2, 0.25) is 5.92 Å². The van der Waals surface area contributed by atoms with Crippen LogP contribution in [0.5, 0.6) is 0 Å². The molecule has 0 saturated carbocycles. The Labute approximate surface area is 103 Å².